The molecule has 0 bridgehead atoms. The average Bonchev–Trinajstić information content (AvgIpc) is 2.06. The molecule has 2 nitrogen and oxygen atoms in total. The third-order valence-corrected chi connectivity index (χ3v) is 2.13. The van der Waals surface area contributed by atoms with Crippen molar-refractivity contribution < 1.29 is 0 Å². The second kappa shape index (κ2) is 3.57. The summed E-state index contributed by atoms with van der Waals surface area (Å²) in [6.45, 7) is 6.31. The van der Waals surface area contributed by atoms with Crippen molar-refractivity contribution in [3.63, 3.8) is 0 Å². The topological polar surface area (TPSA) is 15.6 Å². The van der Waals surface area contributed by atoms with E-state index in [2.05, 4.69) is 29.8 Å². The van der Waals surface area contributed by atoms with E-state index in [0.29, 0.717) is 0 Å². The first-order valence-electron chi connectivity index (χ1n) is 4.31. The molecule has 0 aromatic carbocycles. The van der Waals surface area contributed by atoms with E-state index in [-0.39, 0.29) is 0 Å². The summed E-state index contributed by atoms with van der Waals surface area (Å²) in [7, 11) is 2.03. The molecule has 0 unspecified atom stereocenters. The molecule has 0 aromatic heterocycles. The van der Waals surface area contributed by atoms with E-state index in [9.17, 15) is 0 Å². The molecule has 0 spiro atoms. The summed E-state index contributed by atoms with van der Waals surface area (Å²) < 4.78 is 0. The van der Waals surface area contributed by atoms with Crippen LogP contribution in [-0.2, 0) is 0 Å². The van der Waals surface area contributed by atoms with Gasteiger partial charge in [0.1, 0.15) is 0 Å². The molecule has 66 valence electrons. The summed E-state index contributed by atoms with van der Waals surface area (Å²) in [5.74, 6) is 0. The Morgan fingerprint density at radius 3 is 2.75 bits per heavy atom. The molecule has 1 aliphatic heterocycles. The first-order chi connectivity index (χ1) is 5.66. The quantitative estimate of drug-likeness (QED) is 0.581. The van der Waals surface area contributed by atoms with Crippen molar-refractivity contribution in [1.82, 2.24) is 4.90 Å². The van der Waals surface area contributed by atoms with Crippen molar-refractivity contribution in [3.8, 4) is 0 Å². The second-order valence-electron chi connectivity index (χ2n) is 3.06. The van der Waals surface area contributed by atoms with Crippen molar-refractivity contribution in [1.29, 1.82) is 0 Å². The van der Waals surface area contributed by atoms with Crippen LogP contribution in [0.2, 0.25) is 0 Å². The summed E-state index contributed by atoms with van der Waals surface area (Å²) in [5, 5.41) is 0. The maximum atomic E-state index is 4.26. The summed E-state index contributed by atoms with van der Waals surface area (Å²) in [4.78, 5) is 6.33. The Morgan fingerprint density at radius 1 is 1.50 bits per heavy atom. The van der Waals surface area contributed by atoms with Gasteiger partial charge in [0.15, 0.2) is 0 Å². The zero-order chi connectivity index (χ0) is 9.14. The third-order valence-electron chi connectivity index (χ3n) is 2.13. The lowest BCUT2D eigenvalue weighted by Gasteiger charge is -2.23. The lowest BCUT2D eigenvalue weighted by atomic mass is 10.1. The number of nitrogens with zero attached hydrogens (tertiary/aromatic N) is 2. The van der Waals surface area contributed by atoms with Crippen molar-refractivity contribution in [3.05, 3.63) is 23.0 Å². The van der Waals surface area contributed by atoms with Crippen LogP contribution in [0.5, 0.6) is 0 Å². The molecule has 12 heavy (non-hydrogen) atoms. The van der Waals surface area contributed by atoms with Crippen LogP contribution in [0.1, 0.15) is 27.2 Å². The van der Waals surface area contributed by atoms with Crippen LogP contribution in [0.3, 0.4) is 0 Å². The number of aliphatic imine (C=N–C) groups is 1. The average molecular weight is 164 g/mol. The van der Waals surface area contributed by atoms with Crippen LogP contribution in [0.25, 0.3) is 0 Å². The molecule has 0 atom stereocenters. The molecule has 1 heterocycles. The van der Waals surface area contributed by atoms with Gasteiger partial charge in [-0.1, -0.05) is 13.0 Å². The smallest absolute Gasteiger partial charge is 0.0950 e. The molecule has 0 fully saturated rings. The molecule has 2 heteroatoms. The number of likely N-dealkylation sites (N-methyl/N-ethyl adjacent to an activating group) is 1. The van der Waals surface area contributed by atoms with Gasteiger partial charge in [-0.3, -0.25) is 0 Å². The van der Waals surface area contributed by atoms with Gasteiger partial charge in [-0.2, -0.15) is 0 Å². The minimum atomic E-state index is 1.07. The molecule has 1 aliphatic rings. The van der Waals surface area contributed by atoms with Crippen molar-refractivity contribution >= 4 is 6.34 Å². The Bertz CT molecular complexity index is 259. The summed E-state index contributed by atoms with van der Waals surface area (Å²) >= 11 is 0. The van der Waals surface area contributed by atoms with Gasteiger partial charge in [-0.05, 0) is 25.8 Å². The monoisotopic (exact) mass is 164 g/mol. The zero-order valence-electron chi connectivity index (χ0n) is 8.26. The van der Waals surface area contributed by atoms with Crippen LogP contribution >= 0.6 is 0 Å². The Hall–Kier alpha value is -1.05. The third kappa shape index (κ3) is 1.58. The van der Waals surface area contributed by atoms with Crippen LogP contribution in [0.15, 0.2) is 28.0 Å². The normalized spacial score (nSPS) is 21.0. The molecular formula is C10H16N2. The van der Waals surface area contributed by atoms with Crippen molar-refractivity contribution in [2.24, 2.45) is 4.99 Å². The molecular weight excluding hydrogens is 148 g/mol. The first-order valence-corrected chi connectivity index (χ1v) is 4.31. The van der Waals surface area contributed by atoms with Gasteiger partial charge in [0.2, 0.25) is 0 Å². The van der Waals surface area contributed by atoms with E-state index in [1.54, 1.807) is 0 Å². The maximum Gasteiger partial charge on any atom is 0.0950 e. The molecule has 0 N–H and O–H groups in total. The number of hydrogen-bond donors (Lipinski definition) is 0. The standard InChI is InChI=1S/C10H16N2/c1-5-6-10-8(2)9(3)11-7-12(10)4/h6-7H,5H2,1-4H3/b10-6-. The summed E-state index contributed by atoms with van der Waals surface area (Å²) in [6, 6.07) is 0. The largest absolute Gasteiger partial charge is 0.336 e. The SMILES string of the molecule is CC/C=C1/C(C)=C(C)N=CN1C. The molecule has 0 aromatic rings. The predicted octanol–water partition coefficient (Wildman–Crippen LogP) is 2.55. The van der Waals surface area contributed by atoms with Gasteiger partial charge >= 0.3 is 0 Å². The Kier molecular flexibility index (Phi) is 2.69. The van der Waals surface area contributed by atoms with Gasteiger partial charge in [0.05, 0.1) is 6.34 Å². The second-order valence-corrected chi connectivity index (χ2v) is 3.06. The molecule has 0 aliphatic carbocycles. The van der Waals surface area contributed by atoms with Crippen LogP contribution in [0, 0.1) is 0 Å². The van der Waals surface area contributed by atoms with E-state index in [0.717, 1.165) is 12.1 Å². The molecule has 0 radical (unpaired) electrons. The van der Waals surface area contributed by atoms with Crippen LogP contribution in [0.4, 0.5) is 0 Å². The minimum Gasteiger partial charge on any atom is -0.336 e. The maximum absolute atomic E-state index is 4.26. The predicted molar refractivity (Wildman–Crippen MR) is 53.0 cm³/mol. The van der Waals surface area contributed by atoms with Crippen molar-refractivity contribution in [2.75, 3.05) is 7.05 Å². The van der Waals surface area contributed by atoms with Crippen molar-refractivity contribution in [2.45, 2.75) is 27.2 Å². The van der Waals surface area contributed by atoms with Gasteiger partial charge in [-0.25, -0.2) is 4.99 Å². The highest BCUT2D eigenvalue weighted by Gasteiger charge is 2.10. The van der Waals surface area contributed by atoms with Crippen LogP contribution < -0.4 is 0 Å². The lowest BCUT2D eigenvalue weighted by molar-refractivity contribution is 0.636. The zero-order valence-corrected chi connectivity index (χ0v) is 8.26. The molecule has 0 saturated heterocycles. The summed E-state index contributed by atoms with van der Waals surface area (Å²) in [6.07, 6.45) is 5.16. The fourth-order valence-corrected chi connectivity index (χ4v) is 1.27. The molecule has 1 rings (SSSR count). The fraction of sp³-hybridized carbons (Fsp3) is 0.500. The Labute approximate surface area is 74.3 Å². The highest BCUT2D eigenvalue weighted by atomic mass is 15.2. The highest BCUT2D eigenvalue weighted by molar-refractivity contribution is 5.64. The van der Waals surface area contributed by atoms with E-state index in [1.165, 1.54) is 11.3 Å². The number of hydrogen-bond acceptors (Lipinski definition) is 2. The van der Waals surface area contributed by atoms with Crippen LogP contribution in [-0.4, -0.2) is 18.3 Å². The van der Waals surface area contributed by atoms with Gasteiger partial charge < -0.3 is 4.90 Å². The fourth-order valence-electron chi connectivity index (χ4n) is 1.27. The van der Waals surface area contributed by atoms with Gasteiger partial charge in [-0.15, -0.1) is 0 Å². The Balaban J connectivity index is 3.01. The molecule has 0 saturated carbocycles. The van der Waals surface area contributed by atoms with E-state index in [4.69, 9.17) is 0 Å². The highest BCUT2D eigenvalue weighted by Crippen LogP contribution is 2.21. The lowest BCUT2D eigenvalue weighted by Crippen LogP contribution is -2.20. The minimum absolute atomic E-state index is 1.07. The Morgan fingerprint density at radius 2 is 2.17 bits per heavy atom. The number of allylic oxidation sites excluding steroid dienone is 3. The van der Waals surface area contributed by atoms with E-state index in [1.807, 2.05) is 20.3 Å². The summed E-state index contributed by atoms with van der Waals surface area (Å²) in [5.41, 5.74) is 3.68. The van der Waals surface area contributed by atoms with Gasteiger partial charge in [0.25, 0.3) is 0 Å². The van der Waals surface area contributed by atoms with E-state index < -0.39 is 0 Å². The van der Waals surface area contributed by atoms with Gasteiger partial charge in [0, 0.05) is 18.4 Å². The number of rotatable bonds is 1. The first kappa shape index (κ1) is 9.04. The molecule has 0 amide bonds. The van der Waals surface area contributed by atoms with E-state index >= 15 is 0 Å².